The lowest BCUT2D eigenvalue weighted by atomic mass is 9.99. The van der Waals surface area contributed by atoms with Crippen LogP contribution in [-0.2, 0) is 6.54 Å². The molecule has 2 aromatic rings. The molecule has 0 aliphatic carbocycles. The molecule has 0 spiro atoms. The SMILES string of the molecule is Cc1ccc(-c2cccc(CNC(C)C)c2)cc1C. The first-order chi connectivity index (χ1) is 9.06. The fourth-order valence-electron chi connectivity index (χ4n) is 2.10. The summed E-state index contributed by atoms with van der Waals surface area (Å²) in [6, 6.07) is 16.0. The van der Waals surface area contributed by atoms with Crippen LogP contribution in [0.4, 0.5) is 0 Å². The molecule has 19 heavy (non-hydrogen) atoms. The van der Waals surface area contributed by atoms with E-state index in [2.05, 4.69) is 75.5 Å². The second-order valence-electron chi connectivity index (χ2n) is 5.54. The van der Waals surface area contributed by atoms with Gasteiger partial charge in [-0.3, -0.25) is 0 Å². The van der Waals surface area contributed by atoms with Crippen LogP contribution in [0.5, 0.6) is 0 Å². The van der Waals surface area contributed by atoms with Gasteiger partial charge in [0.25, 0.3) is 0 Å². The Hall–Kier alpha value is -1.60. The Labute approximate surface area is 116 Å². The standard InChI is InChI=1S/C18H23N/c1-13(2)19-12-16-6-5-7-17(11-16)18-9-8-14(3)15(4)10-18/h5-11,13,19H,12H2,1-4H3. The van der Waals surface area contributed by atoms with Crippen LogP contribution >= 0.6 is 0 Å². The molecule has 1 nitrogen and oxygen atoms in total. The molecule has 0 unspecified atom stereocenters. The molecule has 2 aromatic carbocycles. The van der Waals surface area contributed by atoms with Gasteiger partial charge in [0.15, 0.2) is 0 Å². The molecule has 0 radical (unpaired) electrons. The maximum atomic E-state index is 3.46. The lowest BCUT2D eigenvalue weighted by Gasteiger charge is -2.10. The van der Waals surface area contributed by atoms with Gasteiger partial charge in [-0.15, -0.1) is 0 Å². The number of nitrogens with one attached hydrogen (secondary N) is 1. The van der Waals surface area contributed by atoms with Crippen molar-refractivity contribution in [1.29, 1.82) is 0 Å². The molecule has 0 aromatic heterocycles. The molecule has 0 saturated carbocycles. The fourth-order valence-corrected chi connectivity index (χ4v) is 2.10. The van der Waals surface area contributed by atoms with Gasteiger partial charge < -0.3 is 5.32 Å². The predicted octanol–water partition coefficient (Wildman–Crippen LogP) is 4.47. The lowest BCUT2D eigenvalue weighted by Crippen LogP contribution is -2.21. The first-order valence-electron chi connectivity index (χ1n) is 6.96. The largest absolute Gasteiger partial charge is 0.310 e. The molecule has 0 amide bonds. The fraction of sp³-hybridized carbons (Fsp3) is 0.333. The van der Waals surface area contributed by atoms with Crippen molar-refractivity contribution in [2.75, 3.05) is 0 Å². The van der Waals surface area contributed by atoms with E-state index in [-0.39, 0.29) is 0 Å². The van der Waals surface area contributed by atoms with Crippen LogP contribution in [-0.4, -0.2) is 6.04 Å². The van der Waals surface area contributed by atoms with Crippen LogP contribution in [0.2, 0.25) is 0 Å². The Morgan fingerprint density at radius 3 is 2.32 bits per heavy atom. The van der Waals surface area contributed by atoms with E-state index in [0.29, 0.717) is 6.04 Å². The van der Waals surface area contributed by atoms with Crippen molar-refractivity contribution >= 4 is 0 Å². The Morgan fingerprint density at radius 1 is 0.895 bits per heavy atom. The van der Waals surface area contributed by atoms with Crippen LogP contribution in [0.1, 0.15) is 30.5 Å². The number of aryl methyl sites for hydroxylation is 2. The summed E-state index contributed by atoms with van der Waals surface area (Å²) in [5, 5.41) is 3.46. The Balaban J connectivity index is 2.24. The summed E-state index contributed by atoms with van der Waals surface area (Å²) in [5.74, 6) is 0. The molecular weight excluding hydrogens is 230 g/mol. The minimum absolute atomic E-state index is 0.519. The van der Waals surface area contributed by atoms with E-state index < -0.39 is 0 Å². The maximum Gasteiger partial charge on any atom is 0.0208 e. The number of hydrogen-bond acceptors (Lipinski definition) is 1. The zero-order valence-corrected chi connectivity index (χ0v) is 12.3. The van der Waals surface area contributed by atoms with Crippen molar-refractivity contribution in [3.63, 3.8) is 0 Å². The minimum atomic E-state index is 0.519. The monoisotopic (exact) mass is 253 g/mol. The summed E-state index contributed by atoms with van der Waals surface area (Å²) in [4.78, 5) is 0. The first-order valence-corrected chi connectivity index (χ1v) is 6.96. The van der Waals surface area contributed by atoms with Crippen LogP contribution in [0.3, 0.4) is 0 Å². The molecule has 0 atom stereocenters. The van der Waals surface area contributed by atoms with Gasteiger partial charge in [0.05, 0.1) is 0 Å². The van der Waals surface area contributed by atoms with Gasteiger partial charge in [0.2, 0.25) is 0 Å². The summed E-state index contributed by atoms with van der Waals surface area (Å²) in [6.45, 7) is 9.60. The molecule has 0 bridgehead atoms. The van der Waals surface area contributed by atoms with Gasteiger partial charge in [-0.25, -0.2) is 0 Å². The Bertz CT molecular complexity index is 555. The molecule has 0 saturated heterocycles. The molecular formula is C18H23N. The normalized spacial score (nSPS) is 11.0. The van der Waals surface area contributed by atoms with E-state index in [0.717, 1.165) is 6.54 Å². The number of benzene rings is 2. The average molecular weight is 253 g/mol. The van der Waals surface area contributed by atoms with Crippen LogP contribution in [0, 0.1) is 13.8 Å². The van der Waals surface area contributed by atoms with Gasteiger partial charge >= 0.3 is 0 Å². The van der Waals surface area contributed by atoms with Crippen LogP contribution < -0.4 is 5.32 Å². The highest BCUT2D eigenvalue weighted by Gasteiger charge is 2.02. The molecule has 1 heteroatoms. The average Bonchev–Trinajstić information content (AvgIpc) is 2.40. The second-order valence-corrected chi connectivity index (χ2v) is 5.54. The van der Waals surface area contributed by atoms with Crippen molar-refractivity contribution < 1.29 is 0 Å². The molecule has 0 heterocycles. The van der Waals surface area contributed by atoms with Crippen molar-refractivity contribution in [2.45, 2.75) is 40.3 Å². The smallest absolute Gasteiger partial charge is 0.0208 e. The van der Waals surface area contributed by atoms with E-state index in [1.54, 1.807) is 0 Å². The number of hydrogen-bond donors (Lipinski definition) is 1. The maximum absolute atomic E-state index is 3.46. The van der Waals surface area contributed by atoms with E-state index >= 15 is 0 Å². The zero-order valence-electron chi connectivity index (χ0n) is 12.3. The van der Waals surface area contributed by atoms with Crippen LogP contribution in [0.25, 0.3) is 11.1 Å². The quantitative estimate of drug-likeness (QED) is 0.847. The summed E-state index contributed by atoms with van der Waals surface area (Å²) < 4.78 is 0. The second kappa shape index (κ2) is 6.03. The highest BCUT2D eigenvalue weighted by atomic mass is 14.9. The van der Waals surface area contributed by atoms with Gasteiger partial charge in [0, 0.05) is 12.6 Å². The summed E-state index contributed by atoms with van der Waals surface area (Å²) >= 11 is 0. The third-order valence-electron chi connectivity index (χ3n) is 3.48. The van der Waals surface area contributed by atoms with Crippen molar-refractivity contribution in [3.05, 3.63) is 59.2 Å². The zero-order chi connectivity index (χ0) is 13.8. The third-order valence-corrected chi connectivity index (χ3v) is 3.48. The third kappa shape index (κ3) is 3.68. The molecule has 2 rings (SSSR count). The lowest BCUT2D eigenvalue weighted by molar-refractivity contribution is 0.589. The molecule has 0 aliphatic heterocycles. The van der Waals surface area contributed by atoms with Crippen LogP contribution in [0.15, 0.2) is 42.5 Å². The summed E-state index contributed by atoms with van der Waals surface area (Å²) in [6.07, 6.45) is 0. The predicted molar refractivity (Wildman–Crippen MR) is 83.3 cm³/mol. The van der Waals surface area contributed by atoms with E-state index in [4.69, 9.17) is 0 Å². The number of rotatable bonds is 4. The molecule has 0 fully saturated rings. The minimum Gasteiger partial charge on any atom is -0.310 e. The molecule has 0 aliphatic rings. The Morgan fingerprint density at radius 2 is 1.63 bits per heavy atom. The van der Waals surface area contributed by atoms with Crippen molar-refractivity contribution in [1.82, 2.24) is 5.32 Å². The van der Waals surface area contributed by atoms with Crippen molar-refractivity contribution in [2.24, 2.45) is 0 Å². The summed E-state index contributed by atoms with van der Waals surface area (Å²) in [7, 11) is 0. The van der Waals surface area contributed by atoms with Gasteiger partial charge in [-0.05, 0) is 47.7 Å². The Kier molecular flexibility index (Phi) is 4.39. The molecule has 1 N–H and O–H groups in total. The highest BCUT2D eigenvalue weighted by molar-refractivity contribution is 5.65. The van der Waals surface area contributed by atoms with Gasteiger partial charge in [-0.1, -0.05) is 50.2 Å². The first kappa shape index (κ1) is 13.8. The highest BCUT2D eigenvalue weighted by Crippen LogP contribution is 2.23. The topological polar surface area (TPSA) is 12.0 Å². The van der Waals surface area contributed by atoms with Gasteiger partial charge in [0.1, 0.15) is 0 Å². The van der Waals surface area contributed by atoms with Gasteiger partial charge in [-0.2, -0.15) is 0 Å². The van der Waals surface area contributed by atoms with E-state index in [1.807, 2.05) is 0 Å². The van der Waals surface area contributed by atoms with Crippen molar-refractivity contribution in [3.8, 4) is 11.1 Å². The van der Waals surface area contributed by atoms with E-state index in [9.17, 15) is 0 Å². The summed E-state index contributed by atoms with van der Waals surface area (Å²) in [5.41, 5.74) is 6.63. The molecule has 100 valence electrons. The van der Waals surface area contributed by atoms with E-state index in [1.165, 1.54) is 27.8 Å².